The van der Waals surface area contributed by atoms with Crippen LogP contribution in [0.25, 0.3) is 10.9 Å². The molecule has 2 aromatic carbocycles. The number of aryl methyl sites for hydroxylation is 1. The Morgan fingerprint density at radius 1 is 1.06 bits per heavy atom. The number of nitrogens with zero attached hydrogens (tertiary/aromatic N) is 4. The van der Waals surface area contributed by atoms with Gasteiger partial charge in [-0.15, -0.1) is 4.83 Å². The second-order valence-corrected chi connectivity index (χ2v) is 9.26. The number of halogens is 1. The Morgan fingerprint density at radius 2 is 1.82 bits per heavy atom. The van der Waals surface area contributed by atoms with Crippen molar-refractivity contribution in [2.24, 2.45) is 0 Å². The second-order valence-electron chi connectivity index (χ2n) is 6.72. The van der Waals surface area contributed by atoms with Crippen LogP contribution in [0.5, 0.6) is 11.6 Å². The number of benzene rings is 2. The fourth-order valence-corrected chi connectivity index (χ4v) is 4.18. The fourth-order valence-electron chi connectivity index (χ4n) is 2.88. The summed E-state index contributed by atoms with van der Waals surface area (Å²) in [6.45, 7) is 1.82. The van der Waals surface area contributed by atoms with Crippen molar-refractivity contribution in [1.29, 1.82) is 0 Å². The zero-order valence-corrected chi connectivity index (χ0v) is 19.3. The Hall–Kier alpha value is -3.68. The number of fused-ring (bicyclic) bond motifs is 1. The number of hydrogen-bond acceptors (Lipinski definition) is 9. The van der Waals surface area contributed by atoms with Crippen LogP contribution >= 0.6 is 15.9 Å². The molecule has 168 valence electrons. The number of anilines is 1. The summed E-state index contributed by atoms with van der Waals surface area (Å²) in [5, 5.41) is 12.5. The maximum absolute atomic E-state index is 12.5. The first-order valence-electron chi connectivity index (χ1n) is 9.31. The lowest BCUT2D eigenvalue weighted by atomic mass is 10.2. The van der Waals surface area contributed by atoms with Crippen LogP contribution in [0.15, 0.2) is 70.4 Å². The van der Waals surface area contributed by atoms with Crippen molar-refractivity contribution >= 4 is 48.4 Å². The molecule has 4 aromatic rings. The lowest BCUT2D eigenvalue weighted by molar-refractivity contribution is -0.385. The van der Waals surface area contributed by atoms with E-state index in [-0.39, 0.29) is 16.5 Å². The molecule has 33 heavy (non-hydrogen) atoms. The summed E-state index contributed by atoms with van der Waals surface area (Å²) in [5.41, 5.74) is 2.96. The van der Waals surface area contributed by atoms with Gasteiger partial charge in [0.05, 0.1) is 9.82 Å². The third-order valence-corrected chi connectivity index (χ3v) is 6.45. The van der Waals surface area contributed by atoms with Crippen molar-refractivity contribution in [3.8, 4) is 11.6 Å². The molecule has 0 aliphatic carbocycles. The molecule has 2 aromatic heterocycles. The van der Waals surface area contributed by atoms with Gasteiger partial charge in [-0.2, -0.15) is 4.98 Å². The van der Waals surface area contributed by atoms with Gasteiger partial charge in [-0.3, -0.25) is 20.5 Å². The van der Waals surface area contributed by atoms with E-state index in [9.17, 15) is 18.5 Å². The molecule has 0 unspecified atom stereocenters. The van der Waals surface area contributed by atoms with Crippen LogP contribution in [-0.4, -0.2) is 28.3 Å². The van der Waals surface area contributed by atoms with Gasteiger partial charge in [-0.1, -0.05) is 39.7 Å². The molecule has 2 N–H and O–H groups in total. The molecular weight excluding hydrogens is 516 g/mol. The normalized spacial score (nSPS) is 11.3. The van der Waals surface area contributed by atoms with Gasteiger partial charge in [-0.25, -0.2) is 13.4 Å². The predicted molar refractivity (Wildman–Crippen MR) is 123 cm³/mol. The molecule has 0 aliphatic rings. The monoisotopic (exact) mass is 530 g/mol. The number of pyridine rings is 1. The van der Waals surface area contributed by atoms with Crippen LogP contribution in [0.2, 0.25) is 0 Å². The average Bonchev–Trinajstić information content (AvgIpc) is 2.80. The van der Waals surface area contributed by atoms with Gasteiger partial charge in [0.2, 0.25) is 5.82 Å². The number of ether oxygens (including phenoxy) is 1. The molecule has 4 rings (SSSR count). The molecule has 0 saturated heterocycles. The number of nitro groups is 1. The molecule has 0 bridgehead atoms. The number of aromatic nitrogens is 3. The van der Waals surface area contributed by atoms with E-state index < -0.39 is 26.5 Å². The summed E-state index contributed by atoms with van der Waals surface area (Å²) >= 11 is 3.42. The van der Waals surface area contributed by atoms with Crippen molar-refractivity contribution in [3.63, 3.8) is 0 Å². The number of rotatable bonds is 7. The van der Waals surface area contributed by atoms with Gasteiger partial charge in [0.1, 0.15) is 11.8 Å². The zero-order chi connectivity index (χ0) is 23.6. The largest absolute Gasteiger partial charge is 0.431 e. The van der Waals surface area contributed by atoms with Crippen molar-refractivity contribution in [3.05, 3.63) is 81.2 Å². The minimum atomic E-state index is -4.02. The Bertz CT molecular complexity index is 1460. The van der Waals surface area contributed by atoms with E-state index in [2.05, 4.69) is 41.1 Å². The maximum atomic E-state index is 12.5. The lowest BCUT2D eigenvalue weighted by Gasteiger charge is -2.12. The number of hydrazine groups is 1. The van der Waals surface area contributed by atoms with Crippen molar-refractivity contribution in [2.45, 2.75) is 11.8 Å². The first-order valence-corrected chi connectivity index (χ1v) is 11.6. The standard InChI is InChI=1S/C20H15BrN6O5S/c1-12-4-6-13(7-5-12)33(30,31)26-25-19-18(27(28)29)20(24-11-23-19)32-16-9-8-15(21)14-3-2-10-22-17(14)16/h2-11,26H,1H3,(H,23,24,25). The Labute approximate surface area is 196 Å². The molecule has 0 radical (unpaired) electrons. The molecule has 2 heterocycles. The summed E-state index contributed by atoms with van der Waals surface area (Å²) < 4.78 is 31.5. The van der Waals surface area contributed by atoms with Crippen LogP contribution < -0.4 is 15.0 Å². The van der Waals surface area contributed by atoms with E-state index in [0.29, 0.717) is 5.52 Å². The van der Waals surface area contributed by atoms with Gasteiger partial charge in [-0.05, 0) is 37.3 Å². The minimum Gasteiger partial charge on any atom is -0.431 e. The van der Waals surface area contributed by atoms with E-state index in [1.165, 1.54) is 12.1 Å². The van der Waals surface area contributed by atoms with E-state index in [0.717, 1.165) is 21.7 Å². The average molecular weight is 531 g/mol. The first-order chi connectivity index (χ1) is 15.8. The molecule has 0 spiro atoms. The third kappa shape index (κ3) is 4.74. The molecular formula is C20H15BrN6O5S. The molecule has 0 fully saturated rings. The molecule has 0 atom stereocenters. The van der Waals surface area contributed by atoms with E-state index in [4.69, 9.17) is 4.74 Å². The van der Waals surface area contributed by atoms with Crippen LogP contribution in [0.3, 0.4) is 0 Å². The Balaban J connectivity index is 1.67. The van der Waals surface area contributed by atoms with E-state index in [1.54, 1.807) is 42.6 Å². The SMILES string of the molecule is Cc1ccc(S(=O)(=O)NNc2ncnc(Oc3ccc(Br)c4cccnc34)c2[N+](=O)[O-])cc1. The quantitative estimate of drug-likeness (QED) is 0.265. The van der Waals surface area contributed by atoms with E-state index in [1.807, 2.05) is 6.92 Å². The summed E-state index contributed by atoms with van der Waals surface area (Å²) in [6.07, 6.45) is 2.57. The van der Waals surface area contributed by atoms with Crippen LogP contribution in [0.4, 0.5) is 11.5 Å². The Morgan fingerprint density at radius 3 is 2.55 bits per heavy atom. The fraction of sp³-hybridized carbons (Fsp3) is 0.0500. The highest BCUT2D eigenvalue weighted by atomic mass is 79.9. The predicted octanol–water partition coefficient (Wildman–Crippen LogP) is 4.10. The topological polar surface area (TPSA) is 149 Å². The van der Waals surface area contributed by atoms with Crippen LogP contribution in [0, 0.1) is 17.0 Å². The first kappa shape index (κ1) is 22.5. The van der Waals surface area contributed by atoms with Gasteiger partial charge in [0, 0.05) is 16.1 Å². The minimum absolute atomic E-state index is 0.0267. The smallest absolute Gasteiger partial charge is 0.374 e. The zero-order valence-electron chi connectivity index (χ0n) is 16.9. The highest BCUT2D eigenvalue weighted by Gasteiger charge is 2.27. The van der Waals surface area contributed by atoms with Gasteiger partial charge in [0.15, 0.2) is 5.75 Å². The summed E-state index contributed by atoms with van der Waals surface area (Å²) in [5.74, 6) is -0.557. The molecule has 0 amide bonds. The highest BCUT2D eigenvalue weighted by molar-refractivity contribution is 9.10. The lowest BCUT2D eigenvalue weighted by Crippen LogP contribution is -2.30. The van der Waals surface area contributed by atoms with Gasteiger partial charge < -0.3 is 4.74 Å². The van der Waals surface area contributed by atoms with Crippen LogP contribution in [-0.2, 0) is 10.0 Å². The second kappa shape index (κ2) is 9.05. The van der Waals surface area contributed by atoms with Crippen molar-refractivity contribution in [2.75, 3.05) is 5.43 Å². The molecule has 13 heteroatoms. The van der Waals surface area contributed by atoms with Gasteiger partial charge >= 0.3 is 11.6 Å². The number of nitrogens with one attached hydrogen (secondary N) is 2. The van der Waals surface area contributed by atoms with Gasteiger partial charge in [0.25, 0.3) is 10.0 Å². The van der Waals surface area contributed by atoms with Crippen LogP contribution in [0.1, 0.15) is 5.56 Å². The number of hydrogen-bond donors (Lipinski definition) is 2. The van der Waals surface area contributed by atoms with Crippen molar-refractivity contribution < 1.29 is 18.1 Å². The van der Waals surface area contributed by atoms with Crippen molar-refractivity contribution in [1.82, 2.24) is 19.8 Å². The summed E-state index contributed by atoms with van der Waals surface area (Å²) in [4.78, 5) is 25.0. The summed E-state index contributed by atoms with van der Waals surface area (Å²) in [6, 6.07) is 12.9. The highest BCUT2D eigenvalue weighted by Crippen LogP contribution is 2.37. The third-order valence-electron chi connectivity index (χ3n) is 4.49. The van der Waals surface area contributed by atoms with E-state index >= 15 is 0 Å². The molecule has 0 saturated carbocycles. The number of sulfonamides is 1. The maximum Gasteiger partial charge on any atom is 0.374 e. The molecule has 0 aliphatic heterocycles. The molecule has 11 nitrogen and oxygen atoms in total. The Kier molecular flexibility index (Phi) is 6.18. The summed E-state index contributed by atoms with van der Waals surface area (Å²) in [7, 11) is -4.02.